The molecule has 0 fully saturated rings. The van der Waals surface area contributed by atoms with Gasteiger partial charge in [-0.05, 0) is 56.2 Å². The Hall–Kier alpha value is -4.06. The number of aromatic nitrogens is 3. The third-order valence-electron chi connectivity index (χ3n) is 5.73. The van der Waals surface area contributed by atoms with Crippen LogP contribution in [0.4, 0.5) is 5.69 Å². The largest absolute Gasteiger partial charge is 0.271 e. The number of nitrogens with zero attached hydrogens (tertiary/aromatic N) is 4. The normalized spacial score (nSPS) is 11.3. The summed E-state index contributed by atoms with van der Waals surface area (Å²) >= 11 is 0. The molecule has 5 rings (SSSR count). The van der Waals surface area contributed by atoms with E-state index < -0.39 is 0 Å². The fourth-order valence-corrected chi connectivity index (χ4v) is 3.92. The molecule has 0 aliphatic carbocycles. The zero-order valence-corrected chi connectivity index (χ0v) is 17.5. The van der Waals surface area contributed by atoms with Gasteiger partial charge in [0, 0.05) is 34.7 Å². The zero-order valence-electron chi connectivity index (χ0n) is 17.5. The summed E-state index contributed by atoms with van der Waals surface area (Å²) in [4.78, 5) is 15.6. The Labute approximate surface area is 178 Å². The molecule has 2 heterocycles. The van der Waals surface area contributed by atoms with Crippen LogP contribution in [0.5, 0.6) is 0 Å². The molecule has 0 bridgehead atoms. The summed E-state index contributed by atoms with van der Waals surface area (Å²) in [5.74, 6) is 0. The van der Waals surface area contributed by atoms with Gasteiger partial charge in [-0.1, -0.05) is 29.8 Å². The van der Waals surface area contributed by atoms with Gasteiger partial charge >= 0.3 is 0 Å². The first kappa shape index (κ1) is 18.9. The zero-order chi connectivity index (χ0) is 21.7. The Morgan fingerprint density at radius 2 is 1.74 bits per heavy atom. The van der Waals surface area contributed by atoms with Crippen molar-refractivity contribution in [3.63, 3.8) is 0 Å². The van der Waals surface area contributed by atoms with E-state index in [2.05, 4.69) is 43.1 Å². The first-order chi connectivity index (χ1) is 14.9. The molecule has 0 atom stereocenters. The Balaban J connectivity index is 1.89. The van der Waals surface area contributed by atoms with Crippen molar-refractivity contribution < 1.29 is 4.92 Å². The average molecular weight is 408 g/mol. The lowest BCUT2D eigenvalue weighted by Gasteiger charge is -2.06. The maximum atomic E-state index is 11.4. The molecule has 0 radical (unpaired) electrons. The van der Waals surface area contributed by atoms with Gasteiger partial charge in [-0.25, -0.2) is 4.68 Å². The molecule has 2 aromatic heterocycles. The summed E-state index contributed by atoms with van der Waals surface area (Å²) in [5, 5.41) is 18.2. The van der Waals surface area contributed by atoms with Crippen molar-refractivity contribution >= 4 is 27.5 Å². The highest BCUT2D eigenvalue weighted by molar-refractivity contribution is 6.09. The number of fused-ring (bicyclic) bond motifs is 3. The minimum atomic E-state index is -0.386. The van der Waals surface area contributed by atoms with Gasteiger partial charge in [0.2, 0.25) is 0 Å². The van der Waals surface area contributed by atoms with Crippen LogP contribution in [0.15, 0.2) is 66.9 Å². The monoisotopic (exact) mass is 408 g/mol. The summed E-state index contributed by atoms with van der Waals surface area (Å²) in [6, 6.07) is 18.9. The highest BCUT2D eigenvalue weighted by Crippen LogP contribution is 2.35. The maximum Gasteiger partial charge on any atom is 0.271 e. The van der Waals surface area contributed by atoms with Crippen molar-refractivity contribution in [1.82, 2.24) is 14.8 Å². The number of hydrogen-bond donors (Lipinski definition) is 0. The lowest BCUT2D eigenvalue weighted by atomic mass is 10.0. The molecule has 0 saturated heterocycles. The molecule has 0 unspecified atom stereocenters. The summed E-state index contributed by atoms with van der Waals surface area (Å²) < 4.78 is 1.80. The van der Waals surface area contributed by atoms with Crippen LogP contribution in [0.3, 0.4) is 0 Å². The number of rotatable bonds is 3. The van der Waals surface area contributed by atoms with E-state index in [-0.39, 0.29) is 10.6 Å². The number of aryl methyl sites for hydroxylation is 3. The number of hydrogen-bond acceptors (Lipinski definition) is 4. The molecule has 31 heavy (non-hydrogen) atoms. The van der Waals surface area contributed by atoms with Gasteiger partial charge in [0.1, 0.15) is 5.69 Å². The molecular weight excluding hydrogens is 388 g/mol. The van der Waals surface area contributed by atoms with Gasteiger partial charge in [0.15, 0.2) is 0 Å². The van der Waals surface area contributed by atoms with Crippen LogP contribution in [0.1, 0.15) is 16.7 Å². The SMILES string of the molecule is Cc1ccc2ncc3c(-c4ccc(C)c(C)c4)nn(-c4cccc([N+](=O)[O-])c4)c3c2c1. The van der Waals surface area contributed by atoms with Crippen LogP contribution in [0.25, 0.3) is 38.8 Å². The van der Waals surface area contributed by atoms with E-state index in [1.165, 1.54) is 17.2 Å². The van der Waals surface area contributed by atoms with Crippen molar-refractivity contribution in [1.29, 1.82) is 0 Å². The molecule has 0 N–H and O–H groups in total. The van der Waals surface area contributed by atoms with Crippen LogP contribution in [0, 0.1) is 30.9 Å². The molecular formula is C25H20N4O2. The van der Waals surface area contributed by atoms with E-state index in [1.807, 2.05) is 31.3 Å². The summed E-state index contributed by atoms with van der Waals surface area (Å²) in [7, 11) is 0. The molecule has 5 aromatic rings. The first-order valence-electron chi connectivity index (χ1n) is 10.0. The predicted molar refractivity (Wildman–Crippen MR) is 123 cm³/mol. The smallest absolute Gasteiger partial charge is 0.258 e. The summed E-state index contributed by atoms with van der Waals surface area (Å²) in [6.45, 7) is 6.20. The number of nitro groups is 1. The Morgan fingerprint density at radius 3 is 2.52 bits per heavy atom. The maximum absolute atomic E-state index is 11.4. The van der Waals surface area contributed by atoms with E-state index in [1.54, 1.807) is 16.8 Å². The summed E-state index contributed by atoms with van der Waals surface area (Å²) in [5.41, 5.74) is 7.73. The Kier molecular flexibility index (Phi) is 4.29. The first-order valence-corrected chi connectivity index (χ1v) is 10.0. The minimum absolute atomic E-state index is 0.0309. The van der Waals surface area contributed by atoms with Gasteiger partial charge in [0.05, 0.1) is 21.6 Å². The minimum Gasteiger partial charge on any atom is -0.258 e. The second-order valence-electron chi connectivity index (χ2n) is 7.88. The highest BCUT2D eigenvalue weighted by atomic mass is 16.6. The van der Waals surface area contributed by atoms with E-state index in [9.17, 15) is 10.1 Å². The molecule has 0 amide bonds. The van der Waals surface area contributed by atoms with E-state index in [0.717, 1.165) is 38.6 Å². The van der Waals surface area contributed by atoms with Crippen LogP contribution in [-0.2, 0) is 0 Å². The molecule has 6 heteroatoms. The van der Waals surface area contributed by atoms with E-state index >= 15 is 0 Å². The van der Waals surface area contributed by atoms with Crippen molar-refractivity contribution in [2.24, 2.45) is 0 Å². The Morgan fingerprint density at radius 1 is 0.903 bits per heavy atom. The van der Waals surface area contributed by atoms with Gasteiger partial charge < -0.3 is 0 Å². The van der Waals surface area contributed by atoms with Crippen LogP contribution in [-0.4, -0.2) is 19.7 Å². The third-order valence-corrected chi connectivity index (χ3v) is 5.73. The van der Waals surface area contributed by atoms with Crippen LogP contribution >= 0.6 is 0 Å². The molecule has 6 nitrogen and oxygen atoms in total. The lowest BCUT2D eigenvalue weighted by Crippen LogP contribution is -1.99. The van der Waals surface area contributed by atoms with Crippen LogP contribution in [0.2, 0.25) is 0 Å². The molecule has 152 valence electrons. The number of pyridine rings is 1. The molecule has 3 aromatic carbocycles. The average Bonchev–Trinajstić information content (AvgIpc) is 3.16. The standard InChI is InChI=1S/C25H20N4O2/c1-15-7-10-23-21(11-15)25-22(14-26-23)24(18-9-8-16(2)17(3)12-18)27-28(25)19-5-4-6-20(13-19)29(30)31/h4-14H,1-3H3. The fourth-order valence-electron chi connectivity index (χ4n) is 3.92. The molecule has 0 aliphatic heterocycles. The quantitative estimate of drug-likeness (QED) is 0.268. The Bertz CT molecular complexity index is 1500. The van der Waals surface area contributed by atoms with Crippen molar-refractivity contribution in [3.05, 3.63) is 93.7 Å². The number of benzene rings is 3. The second kappa shape index (κ2) is 7.02. The molecule has 0 aliphatic rings. The van der Waals surface area contributed by atoms with Gasteiger partial charge in [-0.2, -0.15) is 5.10 Å². The lowest BCUT2D eigenvalue weighted by molar-refractivity contribution is -0.384. The number of non-ortho nitro benzene ring substituents is 1. The van der Waals surface area contributed by atoms with Gasteiger partial charge in [-0.3, -0.25) is 15.1 Å². The van der Waals surface area contributed by atoms with Crippen molar-refractivity contribution in [3.8, 4) is 16.9 Å². The van der Waals surface area contributed by atoms with E-state index in [0.29, 0.717) is 5.69 Å². The van der Waals surface area contributed by atoms with Crippen molar-refractivity contribution in [2.45, 2.75) is 20.8 Å². The fraction of sp³-hybridized carbons (Fsp3) is 0.120. The summed E-state index contributed by atoms with van der Waals surface area (Å²) in [6.07, 6.45) is 1.85. The topological polar surface area (TPSA) is 73.8 Å². The third kappa shape index (κ3) is 3.13. The van der Waals surface area contributed by atoms with Gasteiger partial charge in [-0.15, -0.1) is 0 Å². The number of nitro benzene ring substituents is 1. The second-order valence-corrected chi connectivity index (χ2v) is 7.88. The van der Waals surface area contributed by atoms with E-state index in [4.69, 9.17) is 5.10 Å². The highest BCUT2D eigenvalue weighted by Gasteiger charge is 2.19. The molecule has 0 spiro atoms. The van der Waals surface area contributed by atoms with Crippen LogP contribution < -0.4 is 0 Å². The molecule has 0 saturated carbocycles. The van der Waals surface area contributed by atoms with Gasteiger partial charge in [0.25, 0.3) is 5.69 Å². The van der Waals surface area contributed by atoms with Crippen molar-refractivity contribution in [2.75, 3.05) is 0 Å². The predicted octanol–water partition coefficient (Wildman–Crippen LogP) is 6.07.